The molecule has 0 radical (unpaired) electrons. The number of ketones is 1. The minimum absolute atomic E-state index is 0.113. The van der Waals surface area contributed by atoms with Crippen LogP contribution in [0.15, 0.2) is 24.3 Å². The molecule has 90 valence electrons. The van der Waals surface area contributed by atoms with Gasteiger partial charge in [0.25, 0.3) is 0 Å². The second-order valence-corrected chi connectivity index (χ2v) is 4.99. The van der Waals surface area contributed by atoms with Crippen molar-refractivity contribution in [2.75, 3.05) is 0 Å². The molecule has 0 fully saturated rings. The first-order valence-electron chi connectivity index (χ1n) is 4.95. The van der Waals surface area contributed by atoms with Crippen LogP contribution in [0.25, 0.3) is 0 Å². The zero-order valence-corrected chi connectivity index (χ0v) is 11.3. The molecule has 2 rings (SSSR count). The van der Waals surface area contributed by atoms with Gasteiger partial charge in [-0.15, -0.1) is 0 Å². The number of hydrogen-bond acceptors (Lipinski definition) is 4. The van der Waals surface area contributed by atoms with E-state index < -0.39 is 0 Å². The molecular weight excluding hydrogens is 291 g/mol. The summed E-state index contributed by atoms with van der Waals surface area (Å²) in [6.07, 6.45) is 0.113. The highest BCUT2D eigenvalue weighted by molar-refractivity contribution is 7.09. The van der Waals surface area contributed by atoms with Gasteiger partial charge in [0.05, 0.1) is 11.6 Å². The first kappa shape index (κ1) is 13.0. The second-order valence-electron chi connectivity index (χ2n) is 3.49. The Hall–Kier alpha value is -1.41. The van der Waals surface area contributed by atoms with Crippen molar-refractivity contribution < 1.29 is 4.79 Å². The molecule has 1 aromatic heterocycles. The summed E-state index contributed by atoms with van der Waals surface area (Å²) in [5.74, 6) is -0.188. The lowest BCUT2D eigenvalue weighted by Gasteiger charge is -2.01. The third-order valence-corrected chi connectivity index (χ3v) is 4.18. The standard InChI is InChI=1S/C12H6Cl2N2OS/c13-10-11(18-16-12(10)14)9(17)5-7-3-1-2-4-8(7)6-15/h1-4H,5H2. The van der Waals surface area contributed by atoms with E-state index in [2.05, 4.69) is 4.37 Å². The molecule has 0 spiro atoms. The third kappa shape index (κ3) is 2.54. The molecule has 2 aromatic rings. The third-order valence-electron chi connectivity index (χ3n) is 2.34. The summed E-state index contributed by atoms with van der Waals surface area (Å²) >= 11 is 12.5. The van der Waals surface area contributed by atoms with Crippen molar-refractivity contribution in [3.8, 4) is 6.07 Å². The minimum Gasteiger partial charge on any atom is -0.293 e. The molecule has 0 amide bonds. The molecule has 0 saturated heterocycles. The largest absolute Gasteiger partial charge is 0.293 e. The van der Waals surface area contributed by atoms with E-state index in [0.29, 0.717) is 16.0 Å². The van der Waals surface area contributed by atoms with Crippen molar-refractivity contribution in [1.82, 2.24) is 4.37 Å². The van der Waals surface area contributed by atoms with Gasteiger partial charge in [-0.3, -0.25) is 4.79 Å². The Morgan fingerprint density at radius 3 is 2.72 bits per heavy atom. The number of Topliss-reactive ketones (excluding diaryl/α,β-unsaturated/α-hetero) is 1. The number of halogens is 2. The van der Waals surface area contributed by atoms with Gasteiger partial charge in [0.1, 0.15) is 9.90 Å². The summed E-state index contributed by atoms with van der Waals surface area (Å²) in [5, 5.41) is 9.26. The van der Waals surface area contributed by atoms with Crippen LogP contribution in [-0.4, -0.2) is 10.2 Å². The molecule has 3 nitrogen and oxygen atoms in total. The highest BCUT2D eigenvalue weighted by Crippen LogP contribution is 2.29. The van der Waals surface area contributed by atoms with Crippen LogP contribution in [0.1, 0.15) is 20.8 Å². The fourth-order valence-corrected chi connectivity index (χ4v) is 2.64. The Balaban J connectivity index is 2.28. The van der Waals surface area contributed by atoms with Gasteiger partial charge in [-0.1, -0.05) is 41.4 Å². The summed E-state index contributed by atoms with van der Waals surface area (Å²) in [6.45, 7) is 0. The zero-order valence-electron chi connectivity index (χ0n) is 8.98. The van der Waals surface area contributed by atoms with Crippen LogP contribution in [0.3, 0.4) is 0 Å². The van der Waals surface area contributed by atoms with Gasteiger partial charge in [0.15, 0.2) is 10.9 Å². The molecule has 1 heterocycles. The highest BCUT2D eigenvalue weighted by Gasteiger charge is 2.18. The second kappa shape index (κ2) is 5.49. The van der Waals surface area contributed by atoms with Crippen LogP contribution in [0.2, 0.25) is 10.2 Å². The van der Waals surface area contributed by atoms with Crippen molar-refractivity contribution in [3.63, 3.8) is 0 Å². The van der Waals surface area contributed by atoms with Crippen LogP contribution in [0.4, 0.5) is 0 Å². The Labute approximate surface area is 118 Å². The van der Waals surface area contributed by atoms with Gasteiger partial charge in [-0.2, -0.15) is 9.64 Å². The normalized spacial score (nSPS) is 10.1. The predicted molar refractivity (Wildman–Crippen MR) is 71.3 cm³/mol. The molecule has 18 heavy (non-hydrogen) atoms. The van der Waals surface area contributed by atoms with Gasteiger partial charge < -0.3 is 0 Å². The van der Waals surface area contributed by atoms with Crippen molar-refractivity contribution in [1.29, 1.82) is 5.26 Å². The lowest BCUT2D eigenvalue weighted by atomic mass is 10.0. The van der Waals surface area contributed by atoms with E-state index in [-0.39, 0.29) is 22.4 Å². The predicted octanol–water partition coefficient (Wildman–Crippen LogP) is 3.75. The zero-order chi connectivity index (χ0) is 13.1. The fraction of sp³-hybridized carbons (Fsp3) is 0.0833. The summed E-state index contributed by atoms with van der Waals surface area (Å²) in [5.41, 5.74) is 1.16. The SMILES string of the molecule is N#Cc1ccccc1CC(=O)c1snc(Cl)c1Cl. The Kier molecular flexibility index (Phi) is 3.97. The quantitative estimate of drug-likeness (QED) is 0.811. The molecule has 0 unspecified atom stereocenters. The van der Waals surface area contributed by atoms with E-state index in [1.54, 1.807) is 24.3 Å². The topological polar surface area (TPSA) is 53.8 Å². The van der Waals surface area contributed by atoms with E-state index >= 15 is 0 Å². The molecule has 0 N–H and O–H groups in total. The van der Waals surface area contributed by atoms with Gasteiger partial charge in [0.2, 0.25) is 0 Å². The molecule has 0 atom stereocenters. The monoisotopic (exact) mass is 296 g/mol. The van der Waals surface area contributed by atoms with Crippen LogP contribution in [0.5, 0.6) is 0 Å². The van der Waals surface area contributed by atoms with E-state index in [4.69, 9.17) is 28.5 Å². The first-order chi connectivity index (χ1) is 8.63. The van der Waals surface area contributed by atoms with E-state index in [9.17, 15) is 4.79 Å². The van der Waals surface area contributed by atoms with E-state index in [1.807, 2.05) is 6.07 Å². The maximum Gasteiger partial charge on any atom is 0.180 e. The first-order valence-corrected chi connectivity index (χ1v) is 6.48. The number of nitrogens with zero attached hydrogens (tertiary/aromatic N) is 2. The van der Waals surface area contributed by atoms with Crippen molar-refractivity contribution in [3.05, 3.63) is 50.4 Å². The maximum absolute atomic E-state index is 12.0. The summed E-state index contributed by atoms with van der Waals surface area (Å²) < 4.78 is 3.81. The lowest BCUT2D eigenvalue weighted by molar-refractivity contribution is 0.0997. The number of carbonyl (C=O) groups is 1. The Bertz CT molecular complexity index is 646. The molecular formula is C12H6Cl2N2OS. The number of nitriles is 1. The average Bonchev–Trinajstić information content (AvgIpc) is 2.71. The summed E-state index contributed by atoms with van der Waals surface area (Å²) in [4.78, 5) is 12.4. The fourth-order valence-electron chi connectivity index (χ4n) is 1.47. The Morgan fingerprint density at radius 1 is 1.39 bits per heavy atom. The van der Waals surface area contributed by atoms with Crippen LogP contribution < -0.4 is 0 Å². The number of benzene rings is 1. The molecule has 0 saturated carbocycles. The maximum atomic E-state index is 12.0. The van der Waals surface area contributed by atoms with Gasteiger partial charge >= 0.3 is 0 Å². The van der Waals surface area contributed by atoms with E-state index in [0.717, 1.165) is 11.5 Å². The van der Waals surface area contributed by atoms with Gasteiger partial charge in [-0.05, 0) is 23.2 Å². The van der Waals surface area contributed by atoms with Crippen LogP contribution in [0, 0.1) is 11.3 Å². The molecule has 0 aliphatic carbocycles. The van der Waals surface area contributed by atoms with Crippen molar-refractivity contribution in [2.45, 2.75) is 6.42 Å². The van der Waals surface area contributed by atoms with Crippen LogP contribution >= 0.6 is 34.7 Å². The van der Waals surface area contributed by atoms with Gasteiger partial charge in [-0.25, -0.2) is 0 Å². The Morgan fingerprint density at radius 2 is 2.11 bits per heavy atom. The molecule has 6 heteroatoms. The molecule has 0 aliphatic rings. The molecule has 1 aromatic carbocycles. The number of hydrogen-bond donors (Lipinski definition) is 0. The molecule has 0 bridgehead atoms. The van der Waals surface area contributed by atoms with Gasteiger partial charge in [0, 0.05) is 6.42 Å². The highest BCUT2D eigenvalue weighted by atomic mass is 35.5. The minimum atomic E-state index is -0.188. The number of carbonyl (C=O) groups excluding carboxylic acids is 1. The lowest BCUT2D eigenvalue weighted by Crippen LogP contribution is -2.03. The van der Waals surface area contributed by atoms with Crippen LogP contribution in [-0.2, 0) is 6.42 Å². The summed E-state index contributed by atoms with van der Waals surface area (Å²) in [7, 11) is 0. The van der Waals surface area contributed by atoms with Crippen molar-refractivity contribution in [2.24, 2.45) is 0 Å². The summed E-state index contributed by atoms with van der Waals surface area (Å²) in [6, 6.07) is 9.00. The smallest absolute Gasteiger partial charge is 0.180 e. The van der Waals surface area contributed by atoms with E-state index in [1.165, 1.54) is 0 Å². The number of aromatic nitrogens is 1. The average molecular weight is 297 g/mol. The number of rotatable bonds is 3. The van der Waals surface area contributed by atoms with Crippen molar-refractivity contribution >= 4 is 40.5 Å². The molecule has 0 aliphatic heterocycles.